The fourth-order valence-electron chi connectivity index (χ4n) is 2.46. The van der Waals surface area contributed by atoms with Crippen molar-refractivity contribution in [3.63, 3.8) is 0 Å². The van der Waals surface area contributed by atoms with Gasteiger partial charge < -0.3 is 14.6 Å². The lowest BCUT2D eigenvalue weighted by Gasteiger charge is -2.37. The van der Waals surface area contributed by atoms with Crippen molar-refractivity contribution >= 4 is 12.1 Å². The molecule has 1 aliphatic rings. The van der Waals surface area contributed by atoms with Crippen molar-refractivity contribution in [3.8, 4) is 0 Å². The number of likely N-dealkylation sites (N-methyl/N-ethyl adjacent to an activating group) is 1. The third-order valence-corrected chi connectivity index (χ3v) is 3.49. The number of amides is 1. The molecule has 0 aromatic carbocycles. The van der Waals surface area contributed by atoms with Crippen LogP contribution in [0.1, 0.15) is 12.8 Å². The van der Waals surface area contributed by atoms with E-state index in [1.54, 1.807) is 0 Å². The van der Waals surface area contributed by atoms with E-state index >= 15 is 0 Å². The van der Waals surface area contributed by atoms with Crippen LogP contribution in [-0.2, 0) is 14.3 Å². The molecular formula is C12H19F3NO5+. The number of carbonyl (C=O) groups is 2. The largest absolute Gasteiger partial charge is 0.516 e. The van der Waals surface area contributed by atoms with E-state index in [1.807, 2.05) is 0 Å². The molecule has 21 heavy (non-hydrogen) atoms. The maximum Gasteiger partial charge on any atom is 0.516 e. The lowest BCUT2D eigenvalue weighted by Crippen LogP contribution is -2.60. The molecule has 1 unspecified atom stereocenters. The quantitative estimate of drug-likeness (QED) is 0.799. The molecule has 1 fully saturated rings. The van der Waals surface area contributed by atoms with E-state index in [0.717, 1.165) is 0 Å². The Balaban J connectivity index is 2.83. The number of quaternary nitrogens is 1. The first kappa shape index (κ1) is 17.7. The van der Waals surface area contributed by atoms with E-state index in [2.05, 4.69) is 4.74 Å². The minimum absolute atomic E-state index is 0.357. The Bertz CT molecular complexity index is 391. The molecule has 0 aliphatic carbocycles. The molecule has 1 saturated heterocycles. The first-order valence-electron chi connectivity index (χ1n) is 6.44. The molecule has 1 aliphatic heterocycles. The van der Waals surface area contributed by atoms with E-state index in [-0.39, 0.29) is 5.92 Å². The molecule has 0 spiro atoms. The Kier molecular flexibility index (Phi) is 5.57. The van der Waals surface area contributed by atoms with Crippen molar-refractivity contribution in [2.24, 2.45) is 5.92 Å². The number of carboxylic acid groups (broad SMARTS) is 1. The Morgan fingerprint density at radius 3 is 2.29 bits per heavy atom. The van der Waals surface area contributed by atoms with Gasteiger partial charge in [-0.15, -0.1) is 0 Å². The highest BCUT2D eigenvalue weighted by atomic mass is 19.4. The molecule has 1 atom stereocenters. The molecule has 0 aromatic heterocycles. The molecular weight excluding hydrogens is 295 g/mol. The number of carbonyl (C=O) groups excluding carboxylic acids is 1. The normalized spacial score (nSPS) is 19.1. The number of ether oxygens (including phenoxy) is 2. The highest BCUT2D eigenvalue weighted by Crippen LogP contribution is 2.27. The van der Waals surface area contributed by atoms with Crippen molar-refractivity contribution in [1.29, 1.82) is 0 Å². The predicted octanol–water partition coefficient (Wildman–Crippen LogP) is 1.64. The molecule has 1 heterocycles. The molecule has 0 bridgehead atoms. The van der Waals surface area contributed by atoms with Crippen LogP contribution in [0.3, 0.4) is 0 Å². The van der Waals surface area contributed by atoms with Crippen LogP contribution >= 0.6 is 0 Å². The predicted molar refractivity (Wildman–Crippen MR) is 64.5 cm³/mol. The third-order valence-electron chi connectivity index (χ3n) is 3.49. The lowest BCUT2D eigenvalue weighted by molar-refractivity contribution is -0.840. The summed E-state index contributed by atoms with van der Waals surface area (Å²) in [5.74, 6) is -1.60. The number of aliphatic carboxylic acids is 1. The standard InChI is InChI=1S/C12H18F3NO5/c1-16(2,11(19)21-7-12(13,14)15)9(10(17)18)8-3-5-20-6-4-8/h8-9H,3-7H2,1-2H3/p+1. The zero-order chi connectivity index (χ0) is 16.3. The first-order chi connectivity index (χ1) is 9.55. The topological polar surface area (TPSA) is 72.8 Å². The summed E-state index contributed by atoms with van der Waals surface area (Å²) in [6.07, 6.45) is -4.99. The van der Waals surface area contributed by atoms with Gasteiger partial charge in [0.1, 0.15) is 0 Å². The maximum absolute atomic E-state index is 12.1. The zero-order valence-corrected chi connectivity index (χ0v) is 11.9. The van der Waals surface area contributed by atoms with Gasteiger partial charge in [-0.25, -0.2) is 9.28 Å². The number of alkyl halides is 3. The Morgan fingerprint density at radius 2 is 1.86 bits per heavy atom. The van der Waals surface area contributed by atoms with E-state index in [9.17, 15) is 27.9 Å². The van der Waals surface area contributed by atoms with Crippen molar-refractivity contribution in [1.82, 2.24) is 0 Å². The smallest absolute Gasteiger partial charge is 0.477 e. The van der Waals surface area contributed by atoms with Crippen molar-refractivity contribution in [3.05, 3.63) is 0 Å². The Morgan fingerprint density at radius 1 is 1.33 bits per heavy atom. The van der Waals surface area contributed by atoms with Gasteiger partial charge in [0.2, 0.25) is 0 Å². The Hall–Kier alpha value is -1.35. The van der Waals surface area contributed by atoms with Crippen LogP contribution in [0.5, 0.6) is 0 Å². The third kappa shape index (κ3) is 4.85. The van der Waals surface area contributed by atoms with Crippen LogP contribution in [0.15, 0.2) is 0 Å². The summed E-state index contributed by atoms with van der Waals surface area (Å²) < 4.78 is 44.8. The van der Waals surface area contributed by atoms with E-state index in [0.29, 0.717) is 26.1 Å². The minimum atomic E-state index is -4.65. The van der Waals surface area contributed by atoms with Gasteiger partial charge in [0, 0.05) is 19.1 Å². The van der Waals surface area contributed by atoms with Crippen LogP contribution < -0.4 is 0 Å². The summed E-state index contributed by atoms with van der Waals surface area (Å²) in [6.45, 7) is -0.994. The fraction of sp³-hybridized carbons (Fsp3) is 0.833. The van der Waals surface area contributed by atoms with Gasteiger partial charge in [0.25, 0.3) is 0 Å². The number of halogens is 3. The van der Waals surface area contributed by atoms with E-state index < -0.39 is 35.4 Å². The monoisotopic (exact) mass is 314 g/mol. The number of carboxylic acids is 1. The molecule has 0 radical (unpaired) electrons. The molecule has 6 nitrogen and oxygen atoms in total. The van der Waals surface area contributed by atoms with Gasteiger partial charge in [0.15, 0.2) is 12.6 Å². The van der Waals surface area contributed by atoms with E-state index in [4.69, 9.17) is 4.74 Å². The summed E-state index contributed by atoms with van der Waals surface area (Å²) in [5, 5.41) is 9.35. The van der Waals surface area contributed by atoms with Crippen molar-refractivity contribution < 1.29 is 41.8 Å². The molecule has 1 amide bonds. The van der Waals surface area contributed by atoms with Crippen LogP contribution in [0.25, 0.3) is 0 Å². The van der Waals surface area contributed by atoms with Gasteiger partial charge in [0.05, 0.1) is 14.1 Å². The summed E-state index contributed by atoms with van der Waals surface area (Å²) in [7, 11) is 2.49. The Labute approximate surface area is 120 Å². The van der Waals surface area contributed by atoms with Gasteiger partial charge in [-0.2, -0.15) is 18.0 Å². The molecule has 0 saturated carbocycles. The van der Waals surface area contributed by atoms with Crippen molar-refractivity contribution in [2.45, 2.75) is 25.1 Å². The first-order valence-corrected chi connectivity index (χ1v) is 6.44. The lowest BCUT2D eigenvalue weighted by atomic mass is 9.90. The highest BCUT2D eigenvalue weighted by molar-refractivity contribution is 5.75. The average Bonchev–Trinajstić information content (AvgIpc) is 2.35. The van der Waals surface area contributed by atoms with Crippen LogP contribution in [0.2, 0.25) is 0 Å². The van der Waals surface area contributed by atoms with Gasteiger partial charge in [-0.05, 0) is 12.8 Å². The fourth-order valence-corrected chi connectivity index (χ4v) is 2.46. The highest BCUT2D eigenvalue weighted by Gasteiger charge is 2.49. The van der Waals surface area contributed by atoms with Gasteiger partial charge in [-0.3, -0.25) is 0 Å². The summed E-state index contributed by atoms with van der Waals surface area (Å²) in [4.78, 5) is 23.3. The number of rotatable bonds is 4. The number of hydrogen-bond donors (Lipinski definition) is 1. The summed E-state index contributed by atoms with van der Waals surface area (Å²) in [5.41, 5.74) is 0. The van der Waals surface area contributed by atoms with Gasteiger partial charge >= 0.3 is 18.2 Å². The SMILES string of the molecule is C[N+](C)(C(=O)OCC(F)(F)F)C(C(=O)O)C1CCOCC1. The number of hydrogen-bond acceptors (Lipinski definition) is 4. The van der Waals surface area contributed by atoms with Crippen molar-refractivity contribution in [2.75, 3.05) is 33.9 Å². The summed E-state index contributed by atoms with van der Waals surface area (Å²) in [6, 6.07) is -1.17. The van der Waals surface area contributed by atoms with E-state index in [1.165, 1.54) is 14.1 Å². The van der Waals surface area contributed by atoms with Crippen LogP contribution in [0.4, 0.5) is 18.0 Å². The molecule has 122 valence electrons. The van der Waals surface area contributed by atoms with Crippen LogP contribution in [0, 0.1) is 5.92 Å². The molecule has 9 heteroatoms. The maximum atomic E-state index is 12.1. The molecule has 0 aromatic rings. The zero-order valence-electron chi connectivity index (χ0n) is 11.9. The van der Waals surface area contributed by atoms with Gasteiger partial charge in [-0.1, -0.05) is 0 Å². The minimum Gasteiger partial charge on any atom is -0.477 e. The second kappa shape index (κ2) is 6.61. The summed E-state index contributed by atoms with van der Waals surface area (Å²) >= 11 is 0. The second-order valence-electron chi connectivity index (χ2n) is 5.44. The molecule has 1 N–H and O–H groups in total. The number of nitrogens with zero attached hydrogens (tertiary/aromatic N) is 1. The molecule has 1 rings (SSSR count). The average molecular weight is 314 g/mol. The second-order valence-corrected chi connectivity index (χ2v) is 5.44. The van der Waals surface area contributed by atoms with Crippen LogP contribution in [-0.4, -0.2) is 67.8 Å².